The Morgan fingerprint density at radius 1 is 0.792 bits per heavy atom. The Kier molecular flexibility index (Phi) is 4.56. The molecule has 0 aliphatic rings. The minimum absolute atomic E-state index is 0.181. The van der Waals surface area contributed by atoms with E-state index in [2.05, 4.69) is 31.0 Å². The first-order valence-corrected chi connectivity index (χ1v) is 6.91. The molecule has 3 aromatic heterocycles. The van der Waals surface area contributed by atoms with Crippen LogP contribution in [-0.2, 0) is 13.1 Å². The van der Waals surface area contributed by atoms with E-state index < -0.39 is 11.8 Å². The van der Waals surface area contributed by atoms with Crippen molar-refractivity contribution in [2.75, 3.05) is 0 Å². The molecule has 0 bridgehead atoms. The van der Waals surface area contributed by atoms with Crippen LogP contribution >= 0.6 is 0 Å². The van der Waals surface area contributed by atoms with Crippen LogP contribution in [0.1, 0.15) is 32.8 Å². The maximum atomic E-state index is 11.8. The lowest BCUT2D eigenvalue weighted by atomic mass is 10.4. The molecule has 10 nitrogen and oxygen atoms in total. The predicted octanol–water partition coefficient (Wildman–Crippen LogP) is 0.313. The highest BCUT2D eigenvalue weighted by Gasteiger charge is 2.15. The van der Waals surface area contributed by atoms with Gasteiger partial charge in [0.05, 0.1) is 25.6 Å². The molecule has 24 heavy (non-hydrogen) atoms. The van der Waals surface area contributed by atoms with Crippen LogP contribution in [-0.4, -0.2) is 32.2 Å². The number of carbonyl (C=O) groups excluding carboxylic acids is 2. The third-order valence-electron chi connectivity index (χ3n) is 2.89. The molecule has 122 valence electrons. The molecule has 0 atom stereocenters. The standard InChI is InChI=1S/C14H12N6O4/c21-13(15-7-9-3-1-5-23-9)11-17-19-12(20-18-11)14(22)16-8-10-4-2-6-24-10/h1-6H,7-8H2,(H,15,21)(H,16,22). The normalized spacial score (nSPS) is 10.3. The lowest BCUT2D eigenvalue weighted by Crippen LogP contribution is -2.29. The highest BCUT2D eigenvalue weighted by Crippen LogP contribution is 2.00. The molecule has 0 unspecified atom stereocenters. The van der Waals surface area contributed by atoms with Crippen LogP contribution in [0.2, 0.25) is 0 Å². The van der Waals surface area contributed by atoms with E-state index in [0.29, 0.717) is 11.5 Å². The molecule has 0 saturated carbocycles. The first-order valence-electron chi connectivity index (χ1n) is 6.91. The first kappa shape index (κ1) is 15.3. The van der Waals surface area contributed by atoms with Crippen LogP contribution < -0.4 is 10.6 Å². The minimum Gasteiger partial charge on any atom is -0.467 e. The number of hydrogen-bond donors (Lipinski definition) is 2. The van der Waals surface area contributed by atoms with E-state index in [0.717, 1.165) is 0 Å². The van der Waals surface area contributed by atoms with Gasteiger partial charge in [0.15, 0.2) is 0 Å². The van der Waals surface area contributed by atoms with Gasteiger partial charge in [-0.05, 0) is 24.3 Å². The van der Waals surface area contributed by atoms with Crippen molar-refractivity contribution >= 4 is 11.8 Å². The van der Waals surface area contributed by atoms with E-state index in [1.807, 2.05) is 0 Å². The third-order valence-corrected chi connectivity index (χ3v) is 2.89. The van der Waals surface area contributed by atoms with Gasteiger partial charge in [-0.3, -0.25) is 9.59 Å². The molecule has 0 spiro atoms. The lowest BCUT2D eigenvalue weighted by Gasteiger charge is -2.02. The van der Waals surface area contributed by atoms with Gasteiger partial charge < -0.3 is 19.5 Å². The van der Waals surface area contributed by atoms with Crippen LogP contribution in [0.4, 0.5) is 0 Å². The van der Waals surface area contributed by atoms with Gasteiger partial charge in [0.2, 0.25) is 0 Å². The summed E-state index contributed by atoms with van der Waals surface area (Å²) in [5.41, 5.74) is 0. The molecule has 0 aromatic carbocycles. The summed E-state index contributed by atoms with van der Waals surface area (Å²) >= 11 is 0. The molecule has 3 rings (SSSR count). The van der Waals surface area contributed by atoms with Gasteiger partial charge in [-0.2, -0.15) is 0 Å². The Bertz CT molecular complexity index is 729. The highest BCUT2D eigenvalue weighted by molar-refractivity contribution is 5.91. The summed E-state index contributed by atoms with van der Waals surface area (Å²) in [6.45, 7) is 0.362. The molecule has 2 N–H and O–H groups in total. The fourth-order valence-electron chi connectivity index (χ4n) is 1.73. The summed E-state index contributed by atoms with van der Waals surface area (Å²) in [4.78, 5) is 23.7. The molecule has 10 heteroatoms. The van der Waals surface area contributed by atoms with Crippen LogP contribution in [0.5, 0.6) is 0 Å². The van der Waals surface area contributed by atoms with Crippen molar-refractivity contribution in [1.29, 1.82) is 0 Å². The number of amides is 2. The maximum absolute atomic E-state index is 11.8. The summed E-state index contributed by atoms with van der Waals surface area (Å²) < 4.78 is 10.2. The van der Waals surface area contributed by atoms with E-state index in [1.54, 1.807) is 24.3 Å². The molecule has 0 aliphatic carbocycles. The van der Waals surface area contributed by atoms with Crippen molar-refractivity contribution in [3.05, 3.63) is 60.0 Å². The molecule has 0 radical (unpaired) electrons. The maximum Gasteiger partial charge on any atom is 0.293 e. The number of aromatic nitrogens is 4. The Balaban J connectivity index is 1.54. The van der Waals surface area contributed by atoms with Gasteiger partial charge in [-0.1, -0.05) is 0 Å². The average molecular weight is 328 g/mol. The summed E-state index contributed by atoms with van der Waals surface area (Å²) in [5.74, 6) is -0.479. The summed E-state index contributed by atoms with van der Waals surface area (Å²) in [6, 6.07) is 6.84. The molecule has 3 heterocycles. The van der Waals surface area contributed by atoms with Gasteiger partial charge in [-0.25, -0.2) is 0 Å². The number of hydrogen-bond acceptors (Lipinski definition) is 8. The summed E-state index contributed by atoms with van der Waals surface area (Å²) in [7, 11) is 0. The summed E-state index contributed by atoms with van der Waals surface area (Å²) in [6.07, 6.45) is 2.99. The smallest absolute Gasteiger partial charge is 0.293 e. The van der Waals surface area contributed by atoms with Crippen molar-refractivity contribution in [2.24, 2.45) is 0 Å². The number of rotatable bonds is 6. The van der Waals surface area contributed by atoms with E-state index in [1.165, 1.54) is 12.5 Å². The van der Waals surface area contributed by atoms with E-state index in [-0.39, 0.29) is 24.7 Å². The first-order chi connectivity index (χ1) is 11.7. The number of furan rings is 2. The molecule has 2 amide bonds. The Hall–Kier alpha value is -3.56. The zero-order chi connectivity index (χ0) is 16.8. The van der Waals surface area contributed by atoms with Crippen LogP contribution in [0.3, 0.4) is 0 Å². The van der Waals surface area contributed by atoms with Crippen molar-refractivity contribution < 1.29 is 18.4 Å². The molecular weight excluding hydrogens is 316 g/mol. The van der Waals surface area contributed by atoms with Crippen molar-refractivity contribution in [2.45, 2.75) is 13.1 Å². The minimum atomic E-state index is -0.575. The topological polar surface area (TPSA) is 136 Å². The van der Waals surface area contributed by atoms with Gasteiger partial charge in [0.1, 0.15) is 11.5 Å². The fraction of sp³-hybridized carbons (Fsp3) is 0.143. The van der Waals surface area contributed by atoms with Gasteiger partial charge in [0, 0.05) is 0 Å². The Morgan fingerprint density at radius 3 is 1.54 bits per heavy atom. The number of nitrogens with one attached hydrogen (secondary N) is 2. The molecule has 0 fully saturated rings. The van der Waals surface area contributed by atoms with Crippen LogP contribution in [0.15, 0.2) is 45.6 Å². The van der Waals surface area contributed by atoms with Crippen LogP contribution in [0, 0.1) is 0 Å². The second-order valence-corrected chi connectivity index (χ2v) is 4.57. The van der Waals surface area contributed by atoms with E-state index in [9.17, 15) is 9.59 Å². The fourth-order valence-corrected chi connectivity index (χ4v) is 1.73. The third kappa shape index (κ3) is 3.80. The van der Waals surface area contributed by atoms with Crippen LogP contribution in [0.25, 0.3) is 0 Å². The monoisotopic (exact) mass is 328 g/mol. The molecule has 0 aliphatic heterocycles. The predicted molar refractivity (Wildman–Crippen MR) is 77.4 cm³/mol. The van der Waals surface area contributed by atoms with Crippen molar-refractivity contribution in [1.82, 2.24) is 31.0 Å². The SMILES string of the molecule is O=C(NCc1ccco1)c1nnc(C(=O)NCc2ccco2)nn1. The lowest BCUT2D eigenvalue weighted by molar-refractivity contribution is 0.0914. The number of carbonyl (C=O) groups is 2. The zero-order valence-electron chi connectivity index (χ0n) is 12.3. The highest BCUT2D eigenvalue weighted by atomic mass is 16.3. The zero-order valence-corrected chi connectivity index (χ0v) is 12.3. The summed E-state index contributed by atoms with van der Waals surface area (Å²) in [5, 5.41) is 19.5. The van der Waals surface area contributed by atoms with Gasteiger partial charge in [0.25, 0.3) is 23.5 Å². The van der Waals surface area contributed by atoms with E-state index in [4.69, 9.17) is 8.83 Å². The average Bonchev–Trinajstić information content (AvgIpc) is 3.31. The number of nitrogens with zero attached hydrogens (tertiary/aromatic N) is 4. The quantitative estimate of drug-likeness (QED) is 0.660. The second kappa shape index (κ2) is 7.13. The molecule has 0 saturated heterocycles. The van der Waals surface area contributed by atoms with E-state index >= 15 is 0 Å². The Morgan fingerprint density at radius 2 is 1.21 bits per heavy atom. The molecular formula is C14H12N6O4. The molecule has 3 aromatic rings. The Labute approximate surface area is 135 Å². The second-order valence-electron chi connectivity index (χ2n) is 4.57. The van der Waals surface area contributed by atoms with Crippen molar-refractivity contribution in [3.63, 3.8) is 0 Å². The van der Waals surface area contributed by atoms with Crippen molar-refractivity contribution in [3.8, 4) is 0 Å². The van der Waals surface area contributed by atoms with Gasteiger partial charge in [-0.15, -0.1) is 20.4 Å². The van der Waals surface area contributed by atoms with Gasteiger partial charge >= 0.3 is 0 Å². The largest absolute Gasteiger partial charge is 0.467 e.